The number of amides is 2. The van der Waals surface area contributed by atoms with Crippen LogP contribution >= 0.6 is 0 Å². The van der Waals surface area contributed by atoms with E-state index in [1.165, 1.54) is 9.80 Å². The number of para-hydroxylation sites is 1. The van der Waals surface area contributed by atoms with Crippen LogP contribution in [0.25, 0.3) is 0 Å². The molecular formula is C36H27N5O4. The van der Waals surface area contributed by atoms with E-state index in [2.05, 4.69) is 12.1 Å². The normalized spacial score (nSPS) is 24.0. The number of hydrogen-bond donors (Lipinski definition) is 0. The third-order valence-corrected chi connectivity index (χ3v) is 9.85. The molecule has 4 aromatic carbocycles. The number of nitriles is 2. The van der Waals surface area contributed by atoms with Gasteiger partial charge in [-0.1, -0.05) is 96.6 Å². The van der Waals surface area contributed by atoms with Gasteiger partial charge in [-0.25, -0.2) is 0 Å². The van der Waals surface area contributed by atoms with Gasteiger partial charge in [-0.05, 0) is 41.3 Å². The minimum absolute atomic E-state index is 0.0905. The maximum Gasteiger partial charge on any atom is 0.246 e. The van der Waals surface area contributed by atoms with Gasteiger partial charge in [-0.2, -0.15) is 10.5 Å². The Hall–Kier alpha value is -5.80. The average molecular weight is 594 g/mol. The van der Waals surface area contributed by atoms with Gasteiger partial charge in [0.15, 0.2) is 10.8 Å². The summed E-state index contributed by atoms with van der Waals surface area (Å²) in [6.07, 6.45) is -0.593. The highest BCUT2D eigenvalue weighted by atomic mass is 16.6. The molecule has 2 amide bonds. The van der Waals surface area contributed by atoms with Crippen LogP contribution < -0.4 is 9.80 Å². The van der Waals surface area contributed by atoms with Gasteiger partial charge in [0.05, 0.1) is 31.6 Å². The summed E-state index contributed by atoms with van der Waals surface area (Å²) in [5.74, 6) is -1.33. The first kappa shape index (κ1) is 28.0. The van der Waals surface area contributed by atoms with Crippen LogP contribution in [0.5, 0.6) is 0 Å². The van der Waals surface area contributed by atoms with Crippen molar-refractivity contribution in [3.8, 4) is 12.1 Å². The van der Waals surface area contributed by atoms with Crippen molar-refractivity contribution in [1.29, 1.82) is 10.5 Å². The fourth-order valence-electron chi connectivity index (χ4n) is 8.12. The first-order valence-electron chi connectivity index (χ1n) is 14.7. The zero-order chi connectivity index (χ0) is 31.6. The van der Waals surface area contributed by atoms with Gasteiger partial charge in [0.25, 0.3) is 0 Å². The van der Waals surface area contributed by atoms with Crippen LogP contribution in [0.2, 0.25) is 0 Å². The van der Waals surface area contributed by atoms with E-state index in [1.807, 2.05) is 73.7 Å². The summed E-state index contributed by atoms with van der Waals surface area (Å²) in [6.45, 7) is 2.00. The molecule has 3 atom stereocenters. The van der Waals surface area contributed by atoms with Gasteiger partial charge in [-0.3, -0.25) is 19.7 Å². The monoisotopic (exact) mass is 593 g/mol. The van der Waals surface area contributed by atoms with E-state index >= 15 is 9.59 Å². The quantitative estimate of drug-likeness (QED) is 0.227. The fourth-order valence-corrected chi connectivity index (χ4v) is 8.12. The standard InChI is InChI=1S/C36H27N5O4/c1-24-16-17-30-28(18-24)36(33(43)40(30)21-26-12-6-3-7-13-26)34(22-37,23-38)19-31(41(44)45)35(36)27-14-8-9-15-29(27)39(32(35)42)20-25-10-4-2-5-11-25/h2-18,31H,19-21H2,1H3. The first-order valence-corrected chi connectivity index (χ1v) is 14.7. The SMILES string of the molecule is Cc1ccc2c(c1)C1(C(=O)N2Cc2ccccc2)C(C#N)(C#N)CC([N+](=O)[O-])C12C(=O)N(Cc1ccccc1)c1ccccc12. The van der Waals surface area contributed by atoms with Crippen LogP contribution in [-0.4, -0.2) is 22.8 Å². The maximum absolute atomic E-state index is 15.4. The molecular weight excluding hydrogens is 566 g/mol. The number of anilines is 2. The minimum Gasteiger partial charge on any atom is -0.307 e. The molecule has 0 bridgehead atoms. The number of fused-ring (bicyclic) bond motifs is 5. The van der Waals surface area contributed by atoms with E-state index < -0.39 is 45.4 Å². The molecule has 0 radical (unpaired) electrons. The predicted molar refractivity (Wildman–Crippen MR) is 165 cm³/mol. The lowest BCUT2D eigenvalue weighted by atomic mass is 9.51. The Morgan fingerprint density at radius 3 is 1.89 bits per heavy atom. The maximum atomic E-state index is 15.4. The molecule has 220 valence electrons. The summed E-state index contributed by atoms with van der Waals surface area (Å²) in [7, 11) is 0. The summed E-state index contributed by atoms with van der Waals surface area (Å²) in [6, 6.07) is 33.0. The zero-order valence-electron chi connectivity index (χ0n) is 24.4. The highest BCUT2D eigenvalue weighted by Crippen LogP contribution is 2.72. The molecule has 4 aromatic rings. The van der Waals surface area contributed by atoms with Crippen molar-refractivity contribution >= 4 is 23.2 Å². The van der Waals surface area contributed by atoms with Crippen LogP contribution in [0.1, 0.15) is 34.2 Å². The Bertz CT molecular complexity index is 1970. The van der Waals surface area contributed by atoms with E-state index in [4.69, 9.17) is 0 Å². The highest BCUT2D eigenvalue weighted by Gasteiger charge is 2.88. The van der Waals surface area contributed by atoms with Crippen molar-refractivity contribution in [1.82, 2.24) is 0 Å². The van der Waals surface area contributed by atoms with E-state index in [-0.39, 0.29) is 18.7 Å². The molecule has 3 aliphatic rings. The molecule has 0 saturated heterocycles. The summed E-state index contributed by atoms with van der Waals surface area (Å²) >= 11 is 0. The molecule has 1 saturated carbocycles. The fraction of sp³-hybridized carbons (Fsp3) is 0.222. The van der Waals surface area contributed by atoms with Crippen molar-refractivity contribution in [3.05, 3.63) is 141 Å². The molecule has 1 aliphatic carbocycles. The number of nitro groups is 1. The molecule has 7 rings (SSSR count). The molecule has 2 spiro atoms. The van der Waals surface area contributed by atoms with Gasteiger partial charge in [-0.15, -0.1) is 0 Å². The number of nitrogens with zero attached hydrogens (tertiary/aromatic N) is 5. The van der Waals surface area contributed by atoms with Gasteiger partial charge in [0.1, 0.15) is 5.41 Å². The second kappa shape index (κ2) is 9.87. The molecule has 45 heavy (non-hydrogen) atoms. The molecule has 2 aliphatic heterocycles. The third kappa shape index (κ3) is 3.41. The number of hydrogen-bond acceptors (Lipinski definition) is 6. The minimum atomic E-state index is -2.23. The van der Waals surface area contributed by atoms with Crippen LogP contribution in [0.3, 0.4) is 0 Å². The number of rotatable bonds is 5. The van der Waals surface area contributed by atoms with Crippen molar-refractivity contribution in [2.45, 2.75) is 43.3 Å². The lowest BCUT2D eigenvalue weighted by molar-refractivity contribution is -0.529. The van der Waals surface area contributed by atoms with E-state index in [0.29, 0.717) is 16.9 Å². The van der Waals surface area contributed by atoms with Gasteiger partial charge < -0.3 is 9.80 Å². The number of carbonyl (C=O) groups is 2. The summed E-state index contributed by atoms with van der Waals surface area (Å²) in [5.41, 5.74) is -2.90. The molecule has 0 aromatic heterocycles. The Labute approximate surface area is 259 Å². The summed E-state index contributed by atoms with van der Waals surface area (Å²) in [5, 5.41) is 35.0. The summed E-state index contributed by atoms with van der Waals surface area (Å²) in [4.78, 5) is 46.3. The van der Waals surface area contributed by atoms with Crippen molar-refractivity contribution in [2.24, 2.45) is 5.41 Å². The largest absolute Gasteiger partial charge is 0.307 e. The molecule has 2 heterocycles. The van der Waals surface area contributed by atoms with Crippen molar-refractivity contribution < 1.29 is 14.5 Å². The second-order valence-electron chi connectivity index (χ2n) is 12.0. The second-order valence-corrected chi connectivity index (χ2v) is 12.0. The Morgan fingerprint density at radius 2 is 1.31 bits per heavy atom. The lowest BCUT2D eigenvalue weighted by Crippen LogP contribution is -2.65. The average Bonchev–Trinajstić information content (AvgIpc) is 3.58. The van der Waals surface area contributed by atoms with Crippen LogP contribution in [-0.2, 0) is 33.5 Å². The molecule has 9 heteroatoms. The van der Waals surface area contributed by atoms with Gasteiger partial charge >= 0.3 is 0 Å². The zero-order valence-corrected chi connectivity index (χ0v) is 24.4. The first-order chi connectivity index (χ1) is 21.8. The summed E-state index contributed by atoms with van der Waals surface area (Å²) < 4.78 is 0. The molecule has 9 nitrogen and oxygen atoms in total. The third-order valence-electron chi connectivity index (χ3n) is 9.85. The number of benzene rings is 4. The molecule has 0 N–H and O–H groups in total. The lowest BCUT2D eigenvalue weighted by Gasteiger charge is -2.42. The van der Waals surface area contributed by atoms with Gasteiger partial charge in [0.2, 0.25) is 17.9 Å². The topological polar surface area (TPSA) is 131 Å². The van der Waals surface area contributed by atoms with Crippen molar-refractivity contribution in [3.63, 3.8) is 0 Å². The Balaban J connectivity index is 1.59. The Kier molecular flexibility index (Phi) is 6.14. The van der Waals surface area contributed by atoms with E-state index in [1.54, 1.807) is 36.4 Å². The van der Waals surface area contributed by atoms with Crippen LogP contribution in [0.15, 0.2) is 103 Å². The predicted octanol–water partition coefficient (Wildman–Crippen LogP) is 5.35. The Morgan fingerprint density at radius 1 is 0.778 bits per heavy atom. The smallest absolute Gasteiger partial charge is 0.246 e. The van der Waals surface area contributed by atoms with Crippen LogP contribution in [0, 0.1) is 45.1 Å². The van der Waals surface area contributed by atoms with Gasteiger partial charge in [0, 0.05) is 16.3 Å². The van der Waals surface area contributed by atoms with E-state index in [9.17, 15) is 20.6 Å². The number of carbonyl (C=O) groups excluding carboxylic acids is 2. The molecule has 3 unspecified atom stereocenters. The van der Waals surface area contributed by atoms with Crippen LogP contribution in [0.4, 0.5) is 11.4 Å². The number of aryl methyl sites for hydroxylation is 1. The highest BCUT2D eigenvalue weighted by molar-refractivity contribution is 6.20. The molecule has 1 fully saturated rings. The van der Waals surface area contributed by atoms with E-state index in [0.717, 1.165) is 16.7 Å². The van der Waals surface area contributed by atoms with Crippen molar-refractivity contribution in [2.75, 3.05) is 9.80 Å².